The molecule has 0 rings (SSSR count). The summed E-state index contributed by atoms with van der Waals surface area (Å²) in [6.45, 7) is 2.21. The maximum atomic E-state index is 10.1. The van der Waals surface area contributed by atoms with Crippen molar-refractivity contribution >= 4 is 32.5 Å². The van der Waals surface area contributed by atoms with Crippen LogP contribution in [0.15, 0.2) is 0 Å². The molecule has 0 aromatic heterocycles. The highest BCUT2D eigenvalue weighted by Gasteiger charge is 2.12. The molecule has 20 heavy (non-hydrogen) atoms. The van der Waals surface area contributed by atoms with Crippen molar-refractivity contribution in [1.29, 1.82) is 0 Å². The highest BCUT2D eigenvalue weighted by atomic mass is 31.2. The molecule has 0 atom stereocenters. The zero-order chi connectivity index (χ0) is 16.1. The van der Waals surface area contributed by atoms with E-state index >= 15 is 0 Å². The predicted molar refractivity (Wildman–Crippen MR) is 66.4 cm³/mol. The third kappa shape index (κ3) is 21.5. The van der Waals surface area contributed by atoms with Gasteiger partial charge in [0.1, 0.15) is 0 Å². The Labute approximate surface area is 116 Å². The van der Waals surface area contributed by atoms with Gasteiger partial charge in [-0.1, -0.05) is 0 Å². The van der Waals surface area contributed by atoms with E-state index in [-0.39, 0.29) is 12.8 Å². The summed E-state index contributed by atoms with van der Waals surface area (Å²) in [6, 6.07) is 0. The smallest absolute Gasteiger partial charge is 0.464 e. The fourth-order valence-corrected chi connectivity index (χ4v) is 1.27. The van der Waals surface area contributed by atoms with Gasteiger partial charge in [-0.25, -0.2) is 0 Å². The van der Waals surface area contributed by atoms with Gasteiger partial charge in [0.15, 0.2) is 0 Å². The van der Waals surface area contributed by atoms with Gasteiger partial charge in [0.25, 0.3) is 0 Å². The molecule has 0 unspecified atom stereocenters. The summed E-state index contributed by atoms with van der Waals surface area (Å²) >= 11 is 0. The minimum atomic E-state index is -2.36. The van der Waals surface area contributed by atoms with E-state index in [2.05, 4.69) is 9.05 Å². The molecule has 0 bridgehead atoms. The van der Waals surface area contributed by atoms with Crippen LogP contribution in [0.2, 0.25) is 0 Å². The predicted octanol–water partition coefficient (Wildman–Crippen LogP) is 1.05. The highest BCUT2D eigenvalue weighted by molar-refractivity contribution is 7.41. The van der Waals surface area contributed by atoms with Gasteiger partial charge in [-0.2, -0.15) is 0 Å². The first-order valence-corrected chi connectivity index (χ1v) is 6.57. The molecule has 0 spiro atoms. The van der Waals surface area contributed by atoms with Gasteiger partial charge in [-0.05, 0) is 12.8 Å². The third-order valence-electron chi connectivity index (χ3n) is 1.44. The van der Waals surface area contributed by atoms with Crippen molar-refractivity contribution in [3.05, 3.63) is 0 Å². The first-order chi connectivity index (χ1) is 9.15. The fourth-order valence-electron chi connectivity index (χ4n) is 0.791. The van der Waals surface area contributed by atoms with Crippen LogP contribution < -0.4 is 0 Å². The number of aliphatic carboxylic acids is 2. The summed E-state index contributed by atoms with van der Waals surface area (Å²) in [5, 5.41) is 16.3. The van der Waals surface area contributed by atoms with Crippen LogP contribution in [0.1, 0.15) is 39.5 Å². The topological polar surface area (TPSA) is 147 Å². The molecule has 0 amide bonds. The highest BCUT2D eigenvalue weighted by Crippen LogP contribution is 2.32. The Morgan fingerprint density at radius 3 is 1.35 bits per heavy atom. The maximum absolute atomic E-state index is 10.1. The first-order valence-electron chi connectivity index (χ1n) is 5.44. The van der Waals surface area contributed by atoms with Gasteiger partial charge < -0.3 is 24.2 Å². The quantitative estimate of drug-likeness (QED) is 0.463. The van der Waals surface area contributed by atoms with Crippen LogP contribution in [0.5, 0.6) is 0 Å². The number of hydrogen-bond donors (Lipinski definition) is 3. The zero-order valence-corrected chi connectivity index (χ0v) is 12.0. The Morgan fingerprint density at radius 1 is 0.850 bits per heavy atom. The van der Waals surface area contributed by atoms with Gasteiger partial charge in [0, 0.05) is 26.7 Å². The second kappa shape index (κ2) is 12.3. The Morgan fingerprint density at radius 2 is 1.15 bits per heavy atom. The van der Waals surface area contributed by atoms with E-state index in [0.29, 0.717) is 12.8 Å². The van der Waals surface area contributed by atoms with Crippen LogP contribution in [-0.2, 0) is 28.2 Å². The van der Waals surface area contributed by atoms with E-state index < -0.39 is 32.5 Å². The van der Waals surface area contributed by atoms with E-state index in [1.165, 1.54) is 0 Å². The molecule has 3 N–H and O–H groups in total. The SMILES string of the molecule is CC(=O)OP(O)OC(C)=O.O=C(O)CCCCC(=O)O. The van der Waals surface area contributed by atoms with Crippen LogP contribution in [0.25, 0.3) is 0 Å². The van der Waals surface area contributed by atoms with Crippen molar-refractivity contribution < 1.29 is 43.3 Å². The lowest BCUT2D eigenvalue weighted by Crippen LogP contribution is -1.99. The Hall–Kier alpha value is -1.73. The largest absolute Gasteiger partial charge is 0.481 e. The van der Waals surface area contributed by atoms with Crippen LogP contribution >= 0.6 is 8.60 Å². The van der Waals surface area contributed by atoms with Crippen molar-refractivity contribution in [2.75, 3.05) is 0 Å². The number of unbranched alkanes of at least 4 members (excludes halogenated alkanes) is 1. The van der Waals surface area contributed by atoms with E-state index in [0.717, 1.165) is 13.8 Å². The fraction of sp³-hybridized carbons (Fsp3) is 0.600. The number of rotatable bonds is 7. The molecule has 0 aromatic rings. The van der Waals surface area contributed by atoms with Crippen LogP contribution in [0.4, 0.5) is 0 Å². The van der Waals surface area contributed by atoms with E-state index in [4.69, 9.17) is 15.1 Å². The minimum Gasteiger partial charge on any atom is -0.481 e. The lowest BCUT2D eigenvalue weighted by molar-refractivity contribution is -0.139. The van der Waals surface area contributed by atoms with Crippen molar-refractivity contribution in [1.82, 2.24) is 0 Å². The van der Waals surface area contributed by atoms with Gasteiger partial charge in [-0.3, -0.25) is 19.2 Å². The molecule has 0 aliphatic carbocycles. The summed E-state index contributed by atoms with van der Waals surface area (Å²) in [5.41, 5.74) is 0. The van der Waals surface area contributed by atoms with E-state index in [9.17, 15) is 19.2 Å². The third-order valence-corrected chi connectivity index (χ3v) is 2.27. The second-order valence-electron chi connectivity index (χ2n) is 3.40. The molecule has 0 aliphatic rings. The second-order valence-corrected chi connectivity index (χ2v) is 4.24. The molecule has 0 saturated carbocycles. The molecular weight excluding hydrogens is 295 g/mol. The number of carboxylic acid groups (broad SMARTS) is 2. The standard InChI is InChI=1S/C6H10O4.C4H7O5P/c7-5(8)3-1-2-4-6(9)10;1-3(5)8-10(7)9-4(2)6/h1-4H2,(H,7,8)(H,9,10);7H,1-2H3. The summed E-state index contributed by atoms with van der Waals surface area (Å²) < 4.78 is 8.20. The van der Waals surface area contributed by atoms with Crippen LogP contribution in [-0.4, -0.2) is 39.0 Å². The lowest BCUT2D eigenvalue weighted by atomic mass is 10.2. The number of carbonyl (C=O) groups excluding carboxylic acids is 2. The minimum absolute atomic E-state index is 0.0628. The number of hydrogen-bond acceptors (Lipinski definition) is 7. The van der Waals surface area contributed by atoms with Crippen molar-refractivity contribution in [2.24, 2.45) is 0 Å². The monoisotopic (exact) mass is 312 g/mol. The van der Waals surface area contributed by atoms with Crippen molar-refractivity contribution in [3.8, 4) is 0 Å². The Kier molecular flexibility index (Phi) is 12.7. The van der Waals surface area contributed by atoms with Gasteiger partial charge >= 0.3 is 32.5 Å². The molecule has 9 nitrogen and oxygen atoms in total. The van der Waals surface area contributed by atoms with Crippen molar-refractivity contribution in [2.45, 2.75) is 39.5 Å². The number of carbonyl (C=O) groups is 4. The van der Waals surface area contributed by atoms with Gasteiger partial charge in [0.05, 0.1) is 0 Å². The molecular formula is C10H17O9P. The van der Waals surface area contributed by atoms with Crippen LogP contribution in [0, 0.1) is 0 Å². The summed E-state index contributed by atoms with van der Waals surface area (Å²) in [7, 11) is -2.36. The summed E-state index contributed by atoms with van der Waals surface area (Å²) in [6.07, 6.45) is 1.02. The molecule has 0 radical (unpaired) electrons. The molecule has 0 aliphatic heterocycles. The van der Waals surface area contributed by atoms with Gasteiger partial charge in [0.2, 0.25) is 0 Å². The number of carboxylic acids is 2. The molecule has 0 aromatic carbocycles. The average molecular weight is 312 g/mol. The molecule has 116 valence electrons. The maximum Gasteiger partial charge on any atom is 0.464 e. The normalized spacial score (nSPS) is 9.20. The molecule has 0 saturated heterocycles. The molecule has 10 heteroatoms. The Balaban J connectivity index is 0. The first kappa shape index (κ1) is 20.6. The Bertz CT molecular complexity index is 310. The summed E-state index contributed by atoms with van der Waals surface area (Å²) in [4.78, 5) is 48.5. The van der Waals surface area contributed by atoms with E-state index in [1.54, 1.807) is 0 Å². The molecule has 0 fully saturated rings. The summed E-state index contributed by atoms with van der Waals surface area (Å²) in [5.74, 6) is -3.11. The van der Waals surface area contributed by atoms with Crippen LogP contribution in [0.3, 0.4) is 0 Å². The molecule has 0 heterocycles. The lowest BCUT2D eigenvalue weighted by Gasteiger charge is -2.04. The van der Waals surface area contributed by atoms with Crippen molar-refractivity contribution in [3.63, 3.8) is 0 Å². The zero-order valence-electron chi connectivity index (χ0n) is 11.1. The van der Waals surface area contributed by atoms with E-state index in [1.807, 2.05) is 0 Å². The van der Waals surface area contributed by atoms with Gasteiger partial charge in [-0.15, -0.1) is 0 Å². The average Bonchev–Trinajstić information content (AvgIpc) is 2.22.